The van der Waals surface area contributed by atoms with Gasteiger partial charge in [-0.15, -0.1) is 0 Å². The van der Waals surface area contributed by atoms with E-state index in [1.165, 1.54) is 0 Å². The topological polar surface area (TPSA) is 61.0 Å². The van der Waals surface area contributed by atoms with Crippen LogP contribution in [0, 0.1) is 0 Å². The van der Waals surface area contributed by atoms with Crippen molar-refractivity contribution in [3.05, 3.63) is 18.0 Å². The van der Waals surface area contributed by atoms with Crippen LogP contribution in [0.4, 0.5) is 0 Å². The molecule has 1 aromatic rings. The average molecular weight is 253 g/mol. The summed E-state index contributed by atoms with van der Waals surface area (Å²) in [7, 11) is 0. The van der Waals surface area contributed by atoms with E-state index >= 15 is 0 Å². The van der Waals surface area contributed by atoms with Crippen LogP contribution in [0.3, 0.4) is 0 Å². The van der Waals surface area contributed by atoms with Crippen LogP contribution in [-0.4, -0.2) is 34.0 Å². The van der Waals surface area contributed by atoms with Crippen LogP contribution < -0.4 is 5.73 Å². The Morgan fingerprint density at radius 2 is 2.24 bits per heavy atom. The summed E-state index contributed by atoms with van der Waals surface area (Å²) in [5.41, 5.74) is 6.83. The summed E-state index contributed by atoms with van der Waals surface area (Å²) in [5.74, 6) is 0. The maximum absolute atomic E-state index is 5.74. The lowest BCUT2D eigenvalue weighted by Gasteiger charge is -2.12. The van der Waals surface area contributed by atoms with Crippen molar-refractivity contribution in [3.8, 4) is 0 Å². The highest BCUT2D eigenvalue weighted by atomic mass is 32.2. The van der Waals surface area contributed by atoms with Gasteiger partial charge in [0.1, 0.15) is 0 Å². The zero-order valence-corrected chi connectivity index (χ0v) is 11.1. The third kappa shape index (κ3) is 3.66. The van der Waals surface area contributed by atoms with Crippen molar-refractivity contribution in [2.24, 2.45) is 5.73 Å². The molecule has 1 saturated heterocycles. The lowest BCUT2D eigenvalue weighted by molar-refractivity contribution is 0.127. The number of nitrogens with two attached hydrogens (primary N) is 1. The summed E-state index contributed by atoms with van der Waals surface area (Å²) in [4.78, 5) is 8.74. The third-order valence-corrected chi connectivity index (χ3v) is 4.15. The Kier molecular flexibility index (Phi) is 4.36. The van der Waals surface area contributed by atoms with Gasteiger partial charge in [-0.3, -0.25) is 0 Å². The molecule has 1 aliphatic heterocycles. The summed E-state index contributed by atoms with van der Waals surface area (Å²) < 4.78 is 5.52. The summed E-state index contributed by atoms with van der Waals surface area (Å²) in [6.07, 6.45) is 5.95. The van der Waals surface area contributed by atoms with E-state index < -0.39 is 0 Å². The van der Waals surface area contributed by atoms with E-state index in [0.717, 1.165) is 30.2 Å². The predicted molar refractivity (Wildman–Crippen MR) is 69.1 cm³/mol. The molecule has 94 valence electrons. The Balaban J connectivity index is 1.93. The lowest BCUT2D eigenvalue weighted by Crippen LogP contribution is -2.18. The second kappa shape index (κ2) is 5.80. The zero-order valence-electron chi connectivity index (χ0n) is 10.3. The molecule has 1 aliphatic rings. The largest absolute Gasteiger partial charge is 0.377 e. The maximum atomic E-state index is 5.74. The smallest absolute Gasteiger partial charge is 0.187 e. The monoisotopic (exact) mass is 253 g/mol. The van der Waals surface area contributed by atoms with E-state index in [-0.39, 0.29) is 6.04 Å². The lowest BCUT2D eigenvalue weighted by atomic mass is 10.1. The average Bonchev–Trinajstić information content (AvgIpc) is 2.67. The van der Waals surface area contributed by atoms with Gasteiger partial charge in [-0.1, -0.05) is 11.8 Å². The van der Waals surface area contributed by atoms with Crippen molar-refractivity contribution in [2.75, 3.05) is 6.61 Å². The number of nitrogens with zero attached hydrogens (tertiary/aromatic N) is 2. The molecule has 0 spiro atoms. The Labute approximate surface area is 106 Å². The minimum atomic E-state index is 0.153. The molecule has 3 unspecified atom stereocenters. The van der Waals surface area contributed by atoms with Gasteiger partial charge in [0.25, 0.3) is 0 Å². The number of hydrogen-bond donors (Lipinski definition) is 1. The predicted octanol–water partition coefficient (Wildman–Crippen LogP) is 1.64. The quantitative estimate of drug-likeness (QED) is 0.827. The van der Waals surface area contributed by atoms with Gasteiger partial charge in [0, 0.05) is 30.3 Å². The molecule has 2 rings (SSSR count). The van der Waals surface area contributed by atoms with Crippen molar-refractivity contribution >= 4 is 11.8 Å². The van der Waals surface area contributed by atoms with E-state index in [2.05, 4.69) is 16.9 Å². The Morgan fingerprint density at radius 3 is 2.76 bits per heavy atom. The van der Waals surface area contributed by atoms with E-state index in [0.29, 0.717) is 11.4 Å². The highest BCUT2D eigenvalue weighted by Crippen LogP contribution is 2.30. The molecule has 0 aromatic carbocycles. The highest BCUT2D eigenvalue weighted by Gasteiger charge is 2.25. The second-order valence-electron chi connectivity index (χ2n) is 4.58. The maximum Gasteiger partial charge on any atom is 0.187 e. The van der Waals surface area contributed by atoms with E-state index in [4.69, 9.17) is 10.5 Å². The van der Waals surface area contributed by atoms with Crippen LogP contribution in [0.25, 0.3) is 0 Å². The number of ether oxygens (including phenoxy) is 1. The minimum absolute atomic E-state index is 0.153. The molecule has 4 nitrogen and oxygen atoms in total. The van der Waals surface area contributed by atoms with Crippen LogP contribution in [-0.2, 0) is 11.2 Å². The molecule has 17 heavy (non-hydrogen) atoms. The molecule has 0 aliphatic carbocycles. The highest BCUT2D eigenvalue weighted by molar-refractivity contribution is 7.99. The van der Waals surface area contributed by atoms with Crippen LogP contribution in [0.15, 0.2) is 17.6 Å². The van der Waals surface area contributed by atoms with Gasteiger partial charge >= 0.3 is 0 Å². The molecule has 0 radical (unpaired) electrons. The molecule has 0 amide bonds. The first-order chi connectivity index (χ1) is 8.15. The molecule has 1 aromatic heterocycles. The van der Waals surface area contributed by atoms with Crippen molar-refractivity contribution in [2.45, 2.75) is 49.2 Å². The minimum Gasteiger partial charge on any atom is -0.377 e. The summed E-state index contributed by atoms with van der Waals surface area (Å²) >= 11 is 1.71. The van der Waals surface area contributed by atoms with Gasteiger partial charge in [0.2, 0.25) is 0 Å². The zero-order chi connectivity index (χ0) is 12.3. The summed E-state index contributed by atoms with van der Waals surface area (Å²) in [6, 6.07) is 0.153. The number of hydrogen-bond acceptors (Lipinski definition) is 5. The molecule has 5 heteroatoms. The Bertz CT molecular complexity index is 355. The third-order valence-electron chi connectivity index (χ3n) is 2.80. The number of aromatic nitrogens is 2. The fraction of sp³-hybridized carbons (Fsp3) is 0.667. The normalized spacial score (nSPS) is 26.1. The number of rotatable bonds is 4. The van der Waals surface area contributed by atoms with Gasteiger partial charge in [0.15, 0.2) is 5.16 Å². The summed E-state index contributed by atoms with van der Waals surface area (Å²) in [5, 5.41) is 1.31. The molecule has 0 saturated carbocycles. The fourth-order valence-corrected chi connectivity index (χ4v) is 2.87. The van der Waals surface area contributed by atoms with Gasteiger partial charge < -0.3 is 10.5 Å². The standard InChI is InChI=1S/C12H19N3OS/c1-8(13)5-10-6-14-12(15-7-10)17-11-3-4-16-9(11)2/h6-9,11H,3-5,13H2,1-2H3. The van der Waals surface area contributed by atoms with Crippen molar-refractivity contribution in [1.29, 1.82) is 0 Å². The van der Waals surface area contributed by atoms with Gasteiger partial charge in [0.05, 0.1) is 6.10 Å². The van der Waals surface area contributed by atoms with Crippen molar-refractivity contribution in [1.82, 2.24) is 9.97 Å². The SMILES string of the molecule is CC(N)Cc1cnc(SC2CCOC2C)nc1. The van der Waals surface area contributed by atoms with Gasteiger partial charge in [-0.25, -0.2) is 9.97 Å². The first kappa shape index (κ1) is 12.8. The summed E-state index contributed by atoms with van der Waals surface area (Å²) in [6.45, 7) is 4.94. The van der Waals surface area contributed by atoms with Gasteiger partial charge in [-0.05, 0) is 32.3 Å². The van der Waals surface area contributed by atoms with E-state index in [1.807, 2.05) is 19.3 Å². The van der Waals surface area contributed by atoms with Crippen molar-refractivity contribution < 1.29 is 4.74 Å². The van der Waals surface area contributed by atoms with E-state index in [1.54, 1.807) is 11.8 Å². The molecular weight excluding hydrogens is 234 g/mol. The molecule has 1 fully saturated rings. The van der Waals surface area contributed by atoms with Crippen molar-refractivity contribution in [3.63, 3.8) is 0 Å². The first-order valence-corrected chi connectivity index (χ1v) is 6.88. The Morgan fingerprint density at radius 1 is 1.53 bits per heavy atom. The van der Waals surface area contributed by atoms with Crippen LogP contribution in [0.1, 0.15) is 25.8 Å². The van der Waals surface area contributed by atoms with E-state index in [9.17, 15) is 0 Å². The van der Waals surface area contributed by atoms with Crippen LogP contribution in [0.2, 0.25) is 0 Å². The number of thioether (sulfide) groups is 1. The van der Waals surface area contributed by atoms with Crippen LogP contribution in [0.5, 0.6) is 0 Å². The molecule has 3 atom stereocenters. The molecular formula is C12H19N3OS. The fourth-order valence-electron chi connectivity index (χ4n) is 1.88. The van der Waals surface area contributed by atoms with Crippen LogP contribution >= 0.6 is 11.8 Å². The molecule has 2 N–H and O–H groups in total. The molecule has 0 bridgehead atoms. The molecule has 2 heterocycles. The van der Waals surface area contributed by atoms with Gasteiger partial charge in [-0.2, -0.15) is 0 Å². The Hall–Kier alpha value is -0.650. The second-order valence-corrected chi connectivity index (χ2v) is 5.78. The first-order valence-electron chi connectivity index (χ1n) is 6.00.